The number of carbonyl (C=O) groups is 1. The second-order valence-electron chi connectivity index (χ2n) is 2.67. The first-order chi connectivity index (χ1) is 6.27. The lowest BCUT2D eigenvalue weighted by molar-refractivity contribution is -0.137. The number of carboxylic acid groups (broad SMARTS) is 1. The summed E-state index contributed by atoms with van der Waals surface area (Å²) in [6.45, 7) is -0.0724. The van der Waals surface area contributed by atoms with E-state index in [2.05, 4.69) is 11.1 Å². The minimum Gasteiger partial charge on any atom is -0.480 e. The molecule has 0 unspecified atom stereocenters. The van der Waals surface area contributed by atoms with Crippen molar-refractivity contribution in [3.63, 3.8) is 0 Å². The number of hydrogen-bond acceptors (Lipinski definition) is 2. The van der Waals surface area contributed by atoms with E-state index in [1.165, 1.54) is 0 Å². The summed E-state index contributed by atoms with van der Waals surface area (Å²) in [5, 5.41) is 9.42. The van der Waals surface area contributed by atoms with Crippen molar-refractivity contribution in [3.8, 4) is 0 Å². The highest BCUT2D eigenvalue weighted by Gasteiger charge is 2.04. The summed E-state index contributed by atoms with van der Waals surface area (Å²) in [6.07, 6.45) is 3.24. The van der Waals surface area contributed by atoms with Gasteiger partial charge in [0.05, 0.1) is 0 Å². The summed E-state index contributed by atoms with van der Waals surface area (Å²) in [5.41, 5.74) is 0.657. The molecule has 0 amide bonds. The second-order valence-corrected chi connectivity index (χ2v) is 2.67. The standard InChI is InChI=1S/C9H7N2O2/c12-8(13)6-11-5-3-7-2-1-4-10-9(7)11/h1-2,4-5H,6H2,(H,12,13). The zero-order valence-electron chi connectivity index (χ0n) is 6.77. The molecule has 0 atom stereocenters. The molecule has 0 bridgehead atoms. The van der Waals surface area contributed by atoms with Gasteiger partial charge in [0.2, 0.25) is 0 Å². The number of nitrogens with zero attached hydrogens (tertiary/aromatic N) is 2. The van der Waals surface area contributed by atoms with Gasteiger partial charge in [-0.1, -0.05) is 0 Å². The molecular formula is C9H7N2O2. The van der Waals surface area contributed by atoms with Crippen LogP contribution in [0.4, 0.5) is 0 Å². The van der Waals surface area contributed by atoms with Crippen molar-refractivity contribution in [1.29, 1.82) is 0 Å². The molecule has 0 saturated carbocycles. The Bertz CT molecular complexity index is 448. The van der Waals surface area contributed by atoms with E-state index in [4.69, 9.17) is 5.11 Å². The fraction of sp³-hybridized carbons (Fsp3) is 0.111. The van der Waals surface area contributed by atoms with Gasteiger partial charge in [-0.15, -0.1) is 0 Å². The van der Waals surface area contributed by atoms with E-state index < -0.39 is 5.97 Å². The van der Waals surface area contributed by atoms with E-state index in [0.29, 0.717) is 5.65 Å². The lowest BCUT2D eigenvalue weighted by Gasteiger charge is -1.98. The van der Waals surface area contributed by atoms with Crippen molar-refractivity contribution in [2.45, 2.75) is 6.54 Å². The minimum absolute atomic E-state index is 0.0724. The number of aromatic nitrogens is 2. The number of pyridine rings is 1. The van der Waals surface area contributed by atoms with E-state index in [-0.39, 0.29) is 6.54 Å². The Morgan fingerprint density at radius 2 is 2.54 bits per heavy atom. The van der Waals surface area contributed by atoms with Crippen LogP contribution in [0.2, 0.25) is 0 Å². The van der Waals surface area contributed by atoms with Crippen LogP contribution >= 0.6 is 0 Å². The first-order valence-corrected chi connectivity index (χ1v) is 3.81. The van der Waals surface area contributed by atoms with Gasteiger partial charge in [0.25, 0.3) is 0 Å². The lowest BCUT2D eigenvalue weighted by atomic mass is 10.3. The largest absolute Gasteiger partial charge is 0.480 e. The normalized spacial score (nSPS) is 10.5. The van der Waals surface area contributed by atoms with Gasteiger partial charge in [0, 0.05) is 23.8 Å². The zero-order valence-corrected chi connectivity index (χ0v) is 6.77. The Kier molecular flexibility index (Phi) is 1.73. The van der Waals surface area contributed by atoms with Crippen LogP contribution in [0.5, 0.6) is 0 Å². The number of aliphatic carboxylic acids is 1. The number of hydrogen-bond donors (Lipinski definition) is 1. The Morgan fingerprint density at radius 3 is 3.31 bits per heavy atom. The van der Waals surface area contributed by atoms with Gasteiger partial charge >= 0.3 is 5.97 Å². The van der Waals surface area contributed by atoms with Crippen molar-refractivity contribution in [1.82, 2.24) is 9.55 Å². The van der Waals surface area contributed by atoms with E-state index >= 15 is 0 Å². The Morgan fingerprint density at radius 1 is 1.69 bits per heavy atom. The number of carboxylic acids is 1. The fourth-order valence-corrected chi connectivity index (χ4v) is 1.21. The summed E-state index contributed by atoms with van der Waals surface area (Å²) in [7, 11) is 0. The molecule has 1 N–H and O–H groups in total. The number of fused-ring (bicyclic) bond motifs is 1. The van der Waals surface area contributed by atoms with Crippen molar-refractivity contribution in [3.05, 3.63) is 30.6 Å². The molecule has 0 aliphatic rings. The smallest absolute Gasteiger partial charge is 0.323 e. The summed E-state index contributed by atoms with van der Waals surface area (Å²) in [5.74, 6) is -0.878. The molecule has 65 valence electrons. The molecule has 0 aliphatic heterocycles. The molecule has 4 nitrogen and oxygen atoms in total. The van der Waals surface area contributed by atoms with Crippen molar-refractivity contribution >= 4 is 17.0 Å². The molecule has 4 heteroatoms. The van der Waals surface area contributed by atoms with Crippen LogP contribution in [0.1, 0.15) is 0 Å². The summed E-state index contributed by atoms with van der Waals surface area (Å²) >= 11 is 0. The molecule has 2 aromatic heterocycles. The Hall–Kier alpha value is -1.84. The molecule has 2 rings (SSSR count). The van der Waals surface area contributed by atoms with Gasteiger partial charge in [0.1, 0.15) is 12.2 Å². The second kappa shape index (κ2) is 2.90. The molecule has 0 fully saturated rings. The van der Waals surface area contributed by atoms with Gasteiger partial charge < -0.3 is 9.67 Å². The highest BCUT2D eigenvalue weighted by Crippen LogP contribution is 2.10. The van der Waals surface area contributed by atoms with Crippen LogP contribution in [0.3, 0.4) is 0 Å². The maximum atomic E-state index is 10.4. The molecule has 0 spiro atoms. The average Bonchev–Trinajstić information content (AvgIpc) is 2.48. The van der Waals surface area contributed by atoms with Crippen LogP contribution < -0.4 is 0 Å². The molecule has 2 heterocycles. The zero-order chi connectivity index (χ0) is 9.26. The highest BCUT2D eigenvalue weighted by atomic mass is 16.4. The van der Waals surface area contributed by atoms with E-state index in [1.54, 1.807) is 23.0 Å². The van der Waals surface area contributed by atoms with Gasteiger partial charge in [-0.25, -0.2) is 4.98 Å². The maximum Gasteiger partial charge on any atom is 0.323 e. The predicted molar refractivity (Wildman–Crippen MR) is 46.2 cm³/mol. The van der Waals surface area contributed by atoms with Gasteiger partial charge in [0.15, 0.2) is 0 Å². The molecular weight excluding hydrogens is 168 g/mol. The maximum absolute atomic E-state index is 10.4. The molecule has 1 radical (unpaired) electrons. The summed E-state index contributed by atoms with van der Waals surface area (Å²) in [4.78, 5) is 14.5. The third-order valence-electron chi connectivity index (χ3n) is 1.74. The van der Waals surface area contributed by atoms with Gasteiger partial charge in [-0.05, 0) is 12.1 Å². The molecule has 13 heavy (non-hydrogen) atoms. The SMILES string of the molecule is O=C(O)Cn1c[c]c2cccnc21. The lowest BCUT2D eigenvalue weighted by Crippen LogP contribution is -2.07. The average molecular weight is 175 g/mol. The van der Waals surface area contributed by atoms with E-state index in [1.807, 2.05) is 6.07 Å². The number of rotatable bonds is 2. The Labute approximate surface area is 74.4 Å². The topological polar surface area (TPSA) is 55.1 Å². The quantitative estimate of drug-likeness (QED) is 0.738. The van der Waals surface area contributed by atoms with Crippen molar-refractivity contribution < 1.29 is 9.90 Å². The third kappa shape index (κ3) is 1.38. The fourth-order valence-electron chi connectivity index (χ4n) is 1.21. The first kappa shape index (κ1) is 7.79. The Balaban J connectivity index is 2.51. The van der Waals surface area contributed by atoms with Crippen LogP contribution in [-0.4, -0.2) is 20.6 Å². The third-order valence-corrected chi connectivity index (χ3v) is 1.74. The summed E-state index contributed by atoms with van der Waals surface area (Å²) < 4.78 is 1.55. The minimum atomic E-state index is -0.878. The van der Waals surface area contributed by atoms with Crippen LogP contribution in [0.25, 0.3) is 11.0 Å². The van der Waals surface area contributed by atoms with Gasteiger partial charge in [-0.2, -0.15) is 0 Å². The van der Waals surface area contributed by atoms with Crippen LogP contribution in [0.15, 0.2) is 24.5 Å². The van der Waals surface area contributed by atoms with Crippen LogP contribution in [-0.2, 0) is 11.3 Å². The summed E-state index contributed by atoms with van der Waals surface area (Å²) in [6, 6.07) is 6.57. The first-order valence-electron chi connectivity index (χ1n) is 3.81. The predicted octanol–water partition coefficient (Wildman–Crippen LogP) is 0.921. The molecule has 2 aromatic rings. The monoisotopic (exact) mass is 175 g/mol. The van der Waals surface area contributed by atoms with Crippen LogP contribution in [0, 0.1) is 6.07 Å². The molecule has 0 aliphatic carbocycles. The van der Waals surface area contributed by atoms with E-state index in [9.17, 15) is 4.79 Å². The molecule has 0 aromatic carbocycles. The van der Waals surface area contributed by atoms with Crippen molar-refractivity contribution in [2.75, 3.05) is 0 Å². The highest BCUT2D eigenvalue weighted by molar-refractivity contribution is 5.77. The van der Waals surface area contributed by atoms with E-state index in [0.717, 1.165) is 5.39 Å². The molecule has 0 saturated heterocycles. The van der Waals surface area contributed by atoms with Crippen molar-refractivity contribution in [2.24, 2.45) is 0 Å². The van der Waals surface area contributed by atoms with Gasteiger partial charge in [-0.3, -0.25) is 4.79 Å².